The van der Waals surface area contributed by atoms with Crippen LogP contribution in [0.4, 0.5) is 0 Å². The van der Waals surface area contributed by atoms with Gasteiger partial charge in [0, 0.05) is 0 Å². The Morgan fingerprint density at radius 3 is 1.11 bits per heavy atom. The van der Waals surface area contributed by atoms with Crippen LogP contribution in [0, 0.1) is 0 Å². The van der Waals surface area contributed by atoms with E-state index in [1.54, 1.807) is 0 Å². The fraction of sp³-hybridized carbons (Fsp3) is 1.00. The molecule has 19 heavy (non-hydrogen) atoms. The minimum absolute atomic E-state index is 0.104. The van der Waals surface area contributed by atoms with E-state index in [4.69, 9.17) is 10.2 Å². The molecule has 2 saturated carbocycles. The Labute approximate surface area is 116 Å². The van der Waals surface area contributed by atoms with Crippen molar-refractivity contribution in [3.63, 3.8) is 0 Å². The summed E-state index contributed by atoms with van der Waals surface area (Å²) in [5, 5.41) is 36.6. The monoisotopic (exact) mass is 274 g/mol. The van der Waals surface area contributed by atoms with Crippen LogP contribution in [0.1, 0.15) is 70.6 Å². The summed E-state index contributed by atoms with van der Waals surface area (Å²) in [7, 11) is 0. The second kappa shape index (κ2) is 9.70. The number of aliphatic hydroxyl groups excluding tert-OH is 4. The maximum absolute atomic E-state index is 9.22. The van der Waals surface area contributed by atoms with Crippen molar-refractivity contribution in [3.8, 4) is 0 Å². The van der Waals surface area contributed by atoms with Gasteiger partial charge in [-0.3, -0.25) is 0 Å². The van der Waals surface area contributed by atoms with Crippen molar-refractivity contribution in [2.45, 2.75) is 95.0 Å². The standard InChI is InChI=1S/C8H16O2.C7H14O2/c9-7-3-1-4-8(10)6-2-5-7;8-6-3-1-2-4-7(9)5-6/h7-10H,1-6H2;6-9H,1-5H2. The lowest BCUT2D eigenvalue weighted by molar-refractivity contribution is 0.0847. The van der Waals surface area contributed by atoms with E-state index in [1.807, 2.05) is 0 Å². The first-order valence-electron chi connectivity index (χ1n) is 7.80. The molecule has 0 amide bonds. The molecule has 0 bridgehead atoms. The minimum Gasteiger partial charge on any atom is -0.393 e. The van der Waals surface area contributed by atoms with Crippen LogP contribution < -0.4 is 0 Å². The molecule has 2 aliphatic carbocycles. The molecule has 4 N–H and O–H groups in total. The summed E-state index contributed by atoms with van der Waals surface area (Å²) in [4.78, 5) is 0. The fourth-order valence-corrected chi connectivity index (χ4v) is 2.78. The summed E-state index contributed by atoms with van der Waals surface area (Å²) in [5.41, 5.74) is 0. The van der Waals surface area contributed by atoms with Gasteiger partial charge in [0.25, 0.3) is 0 Å². The Balaban J connectivity index is 0.000000191. The van der Waals surface area contributed by atoms with Crippen LogP contribution in [-0.2, 0) is 0 Å². The molecule has 0 aliphatic heterocycles. The average Bonchev–Trinajstić information content (AvgIpc) is 2.51. The predicted octanol–water partition coefficient (Wildman–Crippen LogP) is 1.73. The van der Waals surface area contributed by atoms with Crippen LogP contribution in [0.3, 0.4) is 0 Å². The highest BCUT2D eigenvalue weighted by Crippen LogP contribution is 2.17. The zero-order chi connectivity index (χ0) is 14.1. The lowest BCUT2D eigenvalue weighted by atomic mass is 9.97. The van der Waals surface area contributed by atoms with Gasteiger partial charge in [0.05, 0.1) is 24.4 Å². The number of hydrogen-bond donors (Lipinski definition) is 4. The van der Waals surface area contributed by atoms with Gasteiger partial charge >= 0.3 is 0 Å². The third kappa shape index (κ3) is 8.58. The molecule has 2 aliphatic rings. The molecule has 0 aromatic heterocycles. The molecule has 0 aromatic carbocycles. The maximum Gasteiger partial charge on any atom is 0.0564 e. The first-order chi connectivity index (χ1) is 9.08. The number of rotatable bonds is 0. The fourth-order valence-electron chi connectivity index (χ4n) is 2.78. The van der Waals surface area contributed by atoms with Gasteiger partial charge in [0.1, 0.15) is 0 Å². The van der Waals surface area contributed by atoms with Gasteiger partial charge in [0.15, 0.2) is 0 Å². The minimum atomic E-state index is -0.248. The highest BCUT2D eigenvalue weighted by Gasteiger charge is 2.15. The van der Waals surface area contributed by atoms with Crippen molar-refractivity contribution in [2.24, 2.45) is 0 Å². The molecule has 4 nitrogen and oxygen atoms in total. The third-order valence-electron chi connectivity index (χ3n) is 4.02. The van der Waals surface area contributed by atoms with E-state index in [0.29, 0.717) is 6.42 Å². The first-order valence-corrected chi connectivity index (χ1v) is 7.80. The van der Waals surface area contributed by atoms with Gasteiger partial charge in [-0.05, 0) is 57.8 Å². The van der Waals surface area contributed by atoms with Gasteiger partial charge in [-0.2, -0.15) is 0 Å². The van der Waals surface area contributed by atoms with E-state index >= 15 is 0 Å². The van der Waals surface area contributed by atoms with Crippen LogP contribution in [0.25, 0.3) is 0 Å². The van der Waals surface area contributed by atoms with E-state index in [1.165, 1.54) is 0 Å². The van der Waals surface area contributed by atoms with E-state index in [-0.39, 0.29) is 24.4 Å². The Morgan fingerprint density at radius 1 is 0.421 bits per heavy atom. The van der Waals surface area contributed by atoms with Gasteiger partial charge in [-0.15, -0.1) is 0 Å². The molecule has 0 spiro atoms. The zero-order valence-corrected chi connectivity index (χ0v) is 11.9. The predicted molar refractivity (Wildman–Crippen MR) is 74.8 cm³/mol. The van der Waals surface area contributed by atoms with E-state index in [2.05, 4.69) is 0 Å². The molecule has 0 heterocycles. The molecule has 0 aromatic rings. The van der Waals surface area contributed by atoms with Gasteiger partial charge in [-0.25, -0.2) is 0 Å². The quantitative estimate of drug-likeness (QED) is 0.507. The lowest BCUT2D eigenvalue weighted by Gasteiger charge is -2.17. The maximum atomic E-state index is 9.22. The van der Waals surface area contributed by atoms with Gasteiger partial charge < -0.3 is 20.4 Å². The molecular weight excluding hydrogens is 244 g/mol. The van der Waals surface area contributed by atoms with Crippen molar-refractivity contribution in [3.05, 3.63) is 0 Å². The van der Waals surface area contributed by atoms with E-state index in [9.17, 15) is 10.2 Å². The summed E-state index contributed by atoms with van der Waals surface area (Å²) in [6, 6.07) is 0. The molecule has 0 radical (unpaired) electrons. The van der Waals surface area contributed by atoms with Crippen LogP contribution in [0.2, 0.25) is 0 Å². The van der Waals surface area contributed by atoms with Gasteiger partial charge in [-0.1, -0.05) is 12.8 Å². The van der Waals surface area contributed by atoms with Crippen molar-refractivity contribution < 1.29 is 20.4 Å². The Bertz CT molecular complexity index is 192. The van der Waals surface area contributed by atoms with Crippen molar-refractivity contribution in [2.75, 3.05) is 0 Å². The largest absolute Gasteiger partial charge is 0.393 e. The summed E-state index contributed by atoms with van der Waals surface area (Å²) in [5.74, 6) is 0. The van der Waals surface area contributed by atoms with Crippen LogP contribution in [0.15, 0.2) is 0 Å². The van der Waals surface area contributed by atoms with Crippen molar-refractivity contribution >= 4 is 0 Å². The third-order valence-corrected chi connectivity index (χ3v) is 4.02. The SMILES string of the molecule is OC1CCCC(O)CCC1.OC1CCCCC(O)C1. The Kier molecular flexibility index (Phi) is 8.62. The van der Waals surface area contributed by atoms with Crippen molar-refractivity contribution in [1.29, 1.82) is 0 Å². The van der Waals surface area contributed by atoms with Crippen LogP contribution in [0.5, 0.6) is 0 Å². The average molecular weight is 274 g/mol. The summed E-state index contributed by atoms with van der Waals surface area (Å²) < 4.78 is 0. The van der Waals surface area contributed by atoms with Crippen LogP contribution in [-0.4, -0.2) is 44.8 Å². The summed E-state index contributed by atoms with van der Waals surface area (Å²) in [6.07, 6.45) is 9.20. The van der Waals surface area contributed by atoms with Gasteiger partial charge in [0.2, 0.25) is 0 Å². The normalized spacial score (nSPS) is 37.3. The highest BCUT2D eigenvalue weighted by atomic mass is 16.3. The smallest absolute Gasteiger partial charge is 0.0564 e. The van der Waals surface area contributed by atoms with E-state index in [0.717, 1.165) is 64.2 Å². The topological polar surface area (TPSA) is 80.9 Å². The molecule has 2 rings (SSSR count). The molecule has 2 fully saturated rings. The Morgan fingerprint density at radius 2 is 0.737 bits per heavy atom. The molecule has 2 atom stereocenters. The Hall–Kier alpha value is -0.160. The molecular formula is C15H30O4. The number of hydrogen-bond acceptors (Lipinski definition) is 4. The van der Waals surface area contributed by atoms with E-state index < -0.39 is 0 Å². The first kappa shape index (κ1) is 16.9. The number of aliphatic hydroxyl groups is 4. The molecule has 114 valence electrons. The molecule has 0 saturated heterocycles. The highest BCUT2D eigenvalue weighted by molar-refractivity contribution is 4.68. The van der Waals surface area contributed by atoms with Crippen molar-refractivity contribution in [1.82, 2.24) is 0 Å². The molecule has 4 heteroatoms. The zero-order valence-electron chi connectivity index (χ0n) is 11.9. The lowest BCUT2D eigenvalue weighted by Crippen LogP contribution is -2.15. The second-order valence-electron chi connectivity index (χ2n) is 6.00. The summed E-state index contributed by atoms with van der Waals surface area (Å²) in [6.45, 7) is 0. The summed E-state index contributed by atoms with van der Waals surface area (Å²) >= 11 is 0. The second-order valence-corrected chi connectivity index (χ2v) is 6.00. The molecule has 2 unspecified atom stereocenters. The van der Waals surface area contributed by atoms with Crippen LogP contribution >= 0.6 is 0 Å².